The number of carboxylic acid groups (broad SMARTS) is 1. The summed E-state index contributed by atoms with van der Waals surface area (Å²) in [6.07, 6.45) is 1.87. The SMILES string of the molecule is CC(Cc1ccco1)NS(=O)(=O)CC(=O)O. The van der Waals surface area contributed by atoms with E-state index in [0.29, 0.717) is 12.2 Å². The van der Waals surface area contributed by atoms with Gasteiger partial charge in [0.15, 0.2) is 5.75 Å². The van der Waals surface area contributed by atoms with Crippen molar-refractivity contribution in [1.82, 2.24) is 4.72 Å². The summed E-state index contributed by atoms with van der Waals surface area (Å²) in [5.74, 6) is -1.65. The van der Waals surface area contributed by atoms with Crippen molar-refractivity contribution in [2.75, 3.05) is 5.75 Å². The Morgan fingerprint density at radius 2 is 2.31 bits per heavy atom. The van der Waals surface area contributed by atoms with Gasteiger partial charge in [-0.1, -0.05) is 0 Å². The van der Waals surface area contributed by atoms with Crippen LogP contribution in [0.5, 0.6) is 0 Å². The first-order valence-corrected chi connectivity index (χ1v) is 6.28. The van der Waals surface area contributed by atoms with Gasteiger partial charge in [0.05, 0.1) is 6.26 Å². The Morgan fingerprint density at radius 1 is 1.62 bits per heavy atom. The third kappa shape index (κ3) is 4.45. The minimum atomic E-state index is -3.77. The van der Waals surface area contributed by atoms with Gasteiger partial charge in [-0.15, -0.1) is 0 Å². The summed E-state index contributed by atoms with van der Waals surface area (Å²) in [5, 5.41) is 8.38. The highest BCUT2D eigenvalue weighted by Gasteiger charge is 2.18. The molecule has 1 aromatic rings. The number of carbonyl (C=O) groups is 1. The average Bonchev–Trinajstić information content (AvgIpc) is 2.51. The summed E-state index contributed by atoms with van der Waals surface area (Å²) in [7, 11) is -3.77. The molecule has 0 bridgehead atoms. The van der Waals surface area contributed by atoms with Gasteiger partial charge < -0.3 is 9.52 Å². The molecule has 0 radical (unpaired) electrons. The lowest BCUT2D eigenvalue weighted by Gasteiger charge is -2.11. The Labute approximate surface area is 93.3 Å². The molecule has 1 atom stereocenters. The van der Waals surface area contributed by atoms with Crippen LogP contribution in [0.25, 0.3) is 0 Å². The van der Waals surface area contributed by atoms with Crippen LogP contribution >= 0.6 is 0 Å². The van der Waals surface area contributed by atoms with E-state index in [1.54, 1.807) is 19.1 Å². The lowest BCUT2D eigenvalue weighted by atomic mass is 10.2. The molecule has 2 N–H and O–H groups in total. The van der Waals surface area contributed by atoms with E-state index in [1.807, 2.05) is 0 Å². The van der Waals surface area contributed by atoms with Crippen LogP contribution in [0.4, 0.5) is 0 Å². The summed E-state index contributed by atoms with van der Waals surface area (Å²) >= 11 is 0. The first kappa shape index (κ1) is 12.7. The predicted molar refractivity (Wildman–Crippen MR) is 56.4 cm³/mol. The third-order valence-corrected chi connectivity index (χ3v) is 3.17. The second kappa shape index (κ2) is 5.13. The van der Waals surface area contributed by atoms with Crippen molar-refractivity contribution in [3.8, 4) is 0 Å². The number of hydrogen-bond acceptors (Lipinski definition) is 4. The normalized spacial score (nSPS) is 13.6. The largest absolute Gasteiger partial charge is 0.480 e. The van der Waals surface area contributed by atoms with Gasteiger partial charge in [-0.05, 0) is 19.1 Å². The van der Waals surface area contributed by atoms with E-state index in [1.165, 1.54) is 6.26 Å². The highest BCUT2D eigenvalue weighted by atomic mass is 32.2. The van der Waals surface area contributed by atoms with Gasteiger partial charge in [0.1, 0.15) is 5.76 Å². The van der Waals surface area contributed by atoms with Crippen molar-refractivity contribution in [2.45, 2.75) is 19.4 Å². The number of hydrogen-bond donors (Lipinski definition) is 2. The van der Waals surface area contributed by atoms with E-state index in [9.17, 15) is 13.2 Å². The fourth-order valence-electron chi connectivity index (χ4n) is 1.28. The standard InChI is InChI=1S/C9H13NO5S/c1-7(5-8-3-2-4-15-8)10-16(13,14)6-9(11)12/h2-4,7,10H,5-6H2,1H3,(H,11,12). The predicted octanol–water partition coefficient (Wildman–Crippen LogP) is 0.215. The van der Waals surface area contributed by atoms with Gasteiger partial charge >= 0.3 is 5.97 Å². The molecule has 7 heteroatoms. The molecule has 0 amide bonds. The summed E-state index contributed by atoms with van der Waals surface area (Å²) in [6.45, 7) is 1.64. The zero-order valence-electron chi connectivity index (χ0n) is 8.71. The van der Waals surface area contributed by atoms with Crippen LogP contribution in [-0.2, 0) is 21.2 Å². The van der Waals surface area contributed by atoms with Crippen LogP contribution in [0.1, 0.15) is 12.7 Å². The van der Waals surface area contributed by atoms with Crippen LogP contribution in [0.3, 0.4) is 0 Å². The maximum Gasteiger partial charge on any atom is 0.320 e. The highest BCUT2D eigenvalue weighted by molar-refractivity contribution is 7.90. The molecule has 16 heavy (non-hydrogen) atoms. The van der Waals surface area contributed by atoms with E-state index in [0.717, 1.165) is 0 Å². The van der Waals surface area contributed by atoms with Gasteiger partial charge in [0.2, 0.25) is 10.0 Å². The molecule has 90 valence electrons. The van der Waals surface area contributed by atoms with Crippen LogP contribution in [0, 0.1) is 0 Å². The van der Waals surface area contributed by atoms with E-state index in [4.69, 9.17) is 9.52 Å². The van der Waals surface area contributed by atoms with Crippen LogP contribution in [0.2, 0.25) is 0 Å². The maximum atomic E-state index is 11.3. The van der Waals surface area contributed by atoms with Crippen molar-refractivity contribution in [2.24, 2.45) is 0 Å². The molecule has 1 aromatic heterocycles. The average molecular weight is 247 g/mol. The maximum absolute atomic E-state index is 11.3. The van der Waals surface area contributed by atoms with Gasteiger partial charge in [0, 0.05) is 12.5 Å². The molecule has 0 fully saturated rings. The van der Waals surface area contributed by atoms with Gasteiger partial charge in [-0.3, -0.25) is 4.79 Å². The van der Waals surface area contributed by atoms with Crippen molar-refractivity contribution in [3.05, 3.63) is 24.2 Å². The quantitative estimate of drug-likeness (QED) is 0.749. The molecule has 0 aliphatic heterocycles. The molecular weight excluding hydrogens is 234 g/mol. The second-order valence-electron chi connectivity index (χ2n) is 3.46. The first-order chi connectivity index (χ1) is 7.39. The smallest absolute Gasteiger partial charge is 0.320 e. The molecule has 0 saturated carbocycles. The third-order valence-electron chi connectivity index (χ3n) is 1.78. The lowest BCUT2D eigenvalue weighted by Crippen LogP contribution is -2.37. The molecule has 0 aliphatic rings. The Morgan fingerprint density at radius 3 is 2.81 bits per heavy atom. The summed E-state index contributed by atoms with van der Waals surface area (Å²) in [5.41, 5.74) is 0. The summed E-state index contributed by atoms with van der Waals surface area (Å²) < 4.78 is 29.8. The number of carboxylic acids is 1. The fourth-order valence-corrected chi connectivity index (χ4v) is 2.39. The monoisotopic (exact) mass is 247 g/mol. The Balaban J connectivity index is 2.51. The zero-order valence-corrected chi connectivity index (χ0v) is 9.53. The van der Waals surface area contributed by atoms with Crippen LogP contribution in [0.15, 0.2) is 22.8 Å². The second-order valence-corrected chi connectivity index (χ2v) is 5.21. The molecular formula is C9H13NO5S. The van der Waals surface area contributed by atoms with Crippen molar-refractivity contribution in [3.63, 3.8) is 0 Å². The molecule has 1 unspecified atom stereocenters. The molecule has 0 aromatic carbocycles. The van der Waals surface area contributed by atoms with Crippen LogP contribution < -0.4 is 4.72 Å². The number of nitrogens with one attached hydrogen (secondary N) is 1. The van der Waals surface area contributed by atoms with Crippen molar-refractivity contribution in [1.29, 1.82) is 0 Å². The Kier molecular flexibility index (Phi) is 4.08. The van der Waals surface area contributed by atoms with Crippen molar-refractivity contribution < 1.29 is 22.7 Å². The number of rotatable bonds is 6. The van der Waals surface area contributed by atoms with E-state index >= 15 is 0 Å². The molecule has 1 heterocycles. The fraction of sp³-hybridized carbons (Fsp3) is 0.444. The molecule has 0 saturated heterocycles. The zero-order chi connectivity index (χ0) is 12.2. The van der Waals surface area contributed by atoms with E-state index < -0.39 is 27.8 Å². The van der Waals surface area contributed by atoms with Gasteiger partial charge in [0.25, 0.3) is 0 Å². The lowest BCUT2D eigenvalue weighted by molar-refractivity contribution is -0.134. The van der Waals surface area contributed by atoms with Crippen LogP contribution in [-0.4, -0.2) is 31.3 Å². The molecule has 6 nitrogen and oxygen atoms in total. The number of aliphatic carboxylic acids is 1. The van der Waals surface area contributed by atoms with E-state index in [-0.39, 0.29) is 0 Å². The Bertz CT molecular complexity index is 436. The van der Waals surface area contributed by atoms with Gasteiger partial charge in [-0.25, -0.2) is 13.1 Å². The minimum Gasteiger partial charge on any atom is -0.480 e. The highest BCUT2D eigenvalue weighted by Crippen LogP contribution is 2.04. The molecule has 0 spiro atoms. The number of sulfonamides is 1. The van der Waals surface area contributed by atoms with E-state index in [2.05, 4.69) is 4.72 Å². The summed E-state index contributed by atoms with van der Waals surface area (Å²) in [4.78, 5) is 10.3. The topological polar surface area (TPSA) is 96.6 Å². The molecule has 1 rings (SSSR count). The van der Waals surface area contributed by atoms with Crippen molar-refractivity contribution >= 4 is 16.0 Å². The molecule has 0 aliphatic carbocycles. The minimum absolute atomic E-state index is 0.381. The van der Waals surface area contributed by atoms with Gasteiger partial charge in [-0.2, -0.15) is 0 Å². The first-order valence-electron chi connectivity index (χ1n) is 4.63. The summed E-state index contributed by atoms with van der Waals surface area (Å²) in [6, 6.07) is 3.02. The number of furan rings is 1. The Hall–Kier alpha value is -1.34.